The average molecular weight is 354 g/mol. The van der Waals surface area contributed by atoms with Crippen LogP contribution < -0.4 is 4.74 Å². The second kappa shape index (κ2) is 7.74. The molecule has 0 spiro atoms. The van der Waals surface area contributed by atoms with E-state index in [1.54, 1.807) is 12.1 Å². The molecule has 0 aliphatic rings. The highest BCUT2D eigenvalue weighted by molar-refractivity contribution is 5.92. The van der Waals surface area contributed by atoms with Crippen LogP contribution in [0.15, 0.2) is 30.9 Å². The molecule has 0 saturated heterocycles. The Hall–Kier alpha value is -2.28. The van der Waals surface area contributed by atoms with Crippen molar-refractivity contribution in [1.29, 1.82) is 0 Å². The van der Waals surface area contributed by atoms with Crippen LogP contribution in [0.1, 0.15) is 18.2 Å². The van der Waals surface area contributed by atoms with Crippen LogP contribution in [-0.4, -0.2) is 41.7 Å². The van der Waals surface area contributed by atoms with Gasteiger partial charge >= 0.3 is 12.1 Å². The fraction of sp³-hybridized carbons (Fsp3) is 0.389. The van der Waals surface area contributed by atoms with Gasteiger partial charge in [-0.05, 0) is 31.0 Å². The molecule has 25 heavy (non-hydrogen) atoms. The minimum Gasteiger partial charge on any atom is -0.426 e. The molecule has 0 amide bonds. The number of halogens is 3. The predicted octanol–water partition coefficient (Wildman–Crippen LogP) is 3.99. The standard InChI is InChI=1S/C18H21F3N2O2/c1-4-9-23(11-18(19,20)21)10-8-14-12(2)22-15-6-5-7-16(17(14)15)25-13(3)24/h4-7,22H,1,8-11H2,2-3H3. The van der Waals surface area contributed by atoms with Gasteiger partial charge in [-0.25, -0.2) is 0 Å². The van der Waals surface area contributed by atoms with Gasteiger partial charge in [0.05, 0.1) is 6.54 Å². The van der Waals surface area contributed by atoms with Crippen molar-refractivity contribution in [1.82, 2.24) is 9.88 Å². The van der Waals surface area contributed by atoms with E-state index in [2.05, 4.69) is 11.6 Å². The van der Waals surface area contributed by atoms with Crippen molar-refractivity contribution in [2.24, 2.45) is 0 Å². The lowest BCUT2D eigenvalue weighted by Crippen LogP contribution is -2.35. The second-order valence-electron chi connectivity index (χ2n) is 5.89. The van der Waals surface area contributed by atoms with Crippen LogP contribution >= 0.6 is 0 Å². The number of hydrogen-bond acceptors (Lipinski definition) is 3. The largest absolute Gasteiger partial charge is 0.426 e. The number of nitrogens with one attached hydrogen (secondary N) is 1. The maximum absolute atomic E-state index is 12.7. The van der Waals surface area contributed by atoms with Crippen molar-refractivity contribution in [3.05, 3.63) is 42.1 Å². The van der Waals surface area contributed by atoms with Crippen molar-refractivity contribution in [3.63, 3.8) is 0 Å². The maximum atomic E-state index is 12.7. The third kappa shape index (κ3) is 5.09. The van der Waals surface area contributed by atoms with Crippen LogP contribution in [0.25, 0.3) is 10.9 Å². The molecule has 4 nitrogen and oxygen atoms in total. The molecule has 2 rings (SSSR count). The Morgan fingerprint density at radius 2 is 2.12 bits per heavy atom. The number of alkyl halides is 3. The Kier molecular flexibility index (Phi) is 5.89. The number of carbonyl (C=O) groups is 1. The Balaban J connectivity index is 2.28. The Labute approximate surface area is 144 Å². The number of aryl methyl sites for hydroxylation is 1. The minimum atomic E-state index is -4.26. The molecule has 0 unspecified atom stereocenters. The molecule has 0 saturated carbocycles. The van der Waals surface area contributed by atoms with E-state index in [4.69, 9.17) is 4.74 Å². The predicted molar refractivity (Wildman–Crippen MR) is 90.7 cm³/mol. The van der Waals surface area contributed by atoms with Gasteiger partial charge in [-0.15, -0.1) is 6.58 Å². The summed E-state index contributed by atoms with van der Waals surface area (Å²) in [6, 6.07) is 5.28. The van der Waals surface area contributed by atoms with E-state index < -0.39 is 18.7 Å². The number of hydrogen-bond donors (Lipinski definition) is 1. The first kappa shape index (κ1) is 19.1. The summed E-state index contributed by atoms with van der Waals surface area (Å²) in [5.41, 5.74) is 2.49. The molecular weight excluding hydrogens is 333 g/mol. The number of fused-ring (bicyclic) bond motifs is 1. The highest BCUT2D eigenvalue weighted by atomic mass is 19.4. The number of benzene rings is 1. The molecule has 0 aliphatic heterocycles. The Morgan fingerprint density at radius 3 is 2.72 bits per heavy atom. The van der Waals surface area contributed by atoms with Crippen molar-refractivity contribution < 1.29 is 22.7 Å². The molecule has 7 heteroatoms. The summed E-state index contributed by atoms with van der Waals surface area (Å²) in [5, 5.41) is 0.737. The van der Waals surface area contributed by atoms with Gasteiger partial charge in [0.2, 0.25) is 0 Å². The van der Waals surface area contributed by atoms with E-state index in [9.17, 15) is 18.0 Å². The van der Waals surface area contributed by atoms with E-state index in [-0.39, 0.29) is 13.1 Å². The summed E-state index contributed by atoms with van der Waals surface area (Å²) >= 11 is 0. The highest BCUT2D eigenvalue weighted by Crippen LogP contribution is 2.32. The normalized spacial score (nSPS) is 11.9. The number of ether oxygens (including phenoxy) is 1. The lowest BCUT2D eigenvalue weighted by Gasteiger charge is -2.22. The smallest absolute Gasteiger partial charge is 0.401 e. The number of H-pyrrole nitrogens is 1. The van der Waals surface area contributed by atoms with E-state index in [0.717, 1.165) is 22.2 Å². The highest BCUT2D eigenvalue weighted by Gasteiger charge is 2.30. The zero-order valence-electron chi connectivity index (χ0n) is 14.2. The molecule has 0 fully saturated rings. The van der Waals surface area contributed by atoms with Crippen LogP contribution in [0, 0.1) is 6.92 Å². The first-order valence-corrected chi connectivity index (χ1v) is 7.90. The zero-order chi connectivity index (χ0) is 18.6. The van der Waals surface area contributed by atoms with Crippen molar-refractivity contribution in [2.45, 2.75) is 26.4 Å². The summed E-state index contributed by atoms with van der Waals surface area (Å²) in [6.45, 7) is 6.06. The Bertz CT molecular complexity index is 766. The molecule has 0 bridgehead atoms. The van der Waals surface area contributed by atoms with Gasteiger partial charge in [0.25, 0.3) is 0 Å². The number of nitrogens with zero attached hydrogens (tertiary/aromatic N) is 1. The number of rotatable bonds is 7. The van der Waals surface area contributed by atoms with Crippen LogP contribution in [0.3, 0.4) is 0 Å². The van der Waals surface area contributed by atoms with Gasteiger partial charge in [-0.3, -0.25) is 9.69 Å². The van der Waals surface area contributed by atoms with Gasteiger partial charge in [-0.1, -0.05) is 12.1 Å². The fourth-order valence-corrected chi connectivity index (χ4v) is 2.90. The van der Waals surface area contributed by atoms with Gasteiger partial charge in [0, 0.05) is 36.6 Å². The first-order chi connectivity index (χ1) is 11.7. The summed E-state index contributed by atoms with van der Waals surface area (Å²) in [7, 11) is 0. The molecule has 1 aromatic carbocycles. The van der Waals surface area contributed by atoms with Gasteiger partial charge in [0.15, 0.2) is 0 Å². The van der Waals surface area contributed by atoms with Crippen molar-refractivity contribution >= 4 is 16.9 Å². The molecule has 0 atom stereocenters. The van der Waals surface area contributed by atoms with Crippen molar-refractivity contribution in [2.75, 3.05) is 19.6 Å². The topological polar surface area (TPSA) is 45.3 Å². The SMILES string of the molecule is C=CCN(CCc1c(C)[nH]c2cccc(OC(C)=O)c12)CC(F)(F)F. The van der Waals surface area contributed by atoms with Crippen LogP contribution in [0.4, 0.5) is 13.2 Å². The second-order valence-corrected chi connectivity index (χ2v) is 5.89. The van der Waals surface area contributed by atoms with Crippen LogP contribution in [0.2, 0.25) is 0 Å². The van der Waals surface area contributed by atoms with Crippen molar-refractivity contribution in [3.8, 4) is 5.75 Å². The molecule has 2 aromatic rings. The summed E-state index contributed by atoms with van der Waals surface area (Å²) in [4.78, 5) is 15.8. The van der Waals surface area contributed by atoms with Crippen LogP contribution in [0.5, 0.6) is 5.75 Å². The number of esters is 1. The summed E-state index contributed by atoms with van der Waals surface area (Å²) in [6.07, 6.45) is -2.41. The lowest BCUT2D eigenvalue weighted by atomic mass is 10.1. The van der Waals surface area contributed by atoms with E-state index >= 15 is 0 Å². The summed E-state index contributed by atoms with van der Waals surface area (Å²) < 4.78 is 43.3. The molecule has 1 heterocycles. The molecule has 1 N–H and O–H groups in total. The maximum Gasteiger partial charge on any atom is 0.401 e. The quantitative estimate of drug-likeness (QED) is 0.464. The van der Waals surface area contributed by atoms with E-state index in [0.29, 0.717) is 12.2 Å². The molecule has 136 valence electrons. The molecule has 1 aromatic heterocycles. The minimum absolute atomic E-state index is 0.151. The fourth-order valence-electron chi connectivity index (χ4n) is 2.90. The monoisotopic (exact) mass is 354 g/mol. The molecule has 0 aliphatic carbocycles. The summed E-state index contributed by atoms with van der Waals surface area (Å²) in [5.74, 6) is -0.0295. The van der Waals surface area contributed by atoms with E-state index in [1.807, 2.05) is 13.0 Å². The third-order valence-corrected chi connectivity index (χ3v) is 3.82. The zero-order valence-corrected chi connectivity index (χ0v) is 14.2. The van der Waals surface area contributed by atoms with Crippen LogP contribution in [-0.2, 0) is 11.2 Å². The average Bonchev–Trinajstić information content (AvgIpc) is 2.79. The Morgan fingerprint density at radius 1 is 1.40 bits per heavy atom. The first-order valence-electron chi connectivity index (χ1n) is 7.90. The number of aromatic nitrogens is 1. The van der Waals surface area contributed by atoms with E-state index in [1.165, 1.54) is 17.9 Å². The number of aromatic amines is 1. The number of carbonyl (C=O) groups excluding carboxylic acids is 1. The van der Waals surface area contributed by atoms with Gasteiger partial charge < -0.3 is 9.72 Å². The third-order valence-electron chi connectivity index (χ3n) is 3.82. The molecule has 0 radical (unpaired) electrons. The lowest BCUT2D eigenvalue weighted by molar-refractivity contribution is -0.144. The molecular formula is C18H21F3N2O2. The van der Waals surface area contributed by atoms with Gasteiger partial charge in [-0.2, -0.15) is 13.2 Å². The van der Waals surface area contributed by atoms with Gasteiger partial charge in [0.1, 0.15) is 5.75 Å².